The molecule has 0 aliphatic heterocycles. The molecule has 6 aromatic rings. The summed E-state index contributed by atoms with van der Waals surface area (Å²) in [5.74, 6) is 0. The first-order valence-corrected chi connectivity index (χ1v) is 11.8. The van der Waals surface area contributed by atoms with Gasteiger partial charge < -0.3 is 28.4 Å². The molecule has 0 N–H and O–H groups in total. The summed E-state index contributed by atoms with van der Waals surface area (Å²) < 4.78 is 10.9. The van der Waals surface area contributed by atoms with Gasteiger partial charge in [-0.25, -0.2) is 9.13 Å². The fourth-order valence-electron chi connectivity index (χ4n) is 4.98. The van der Waals surface area contributed by atoms with Crippen molar-refractivity contribution in [1.82, 2.24) is 4.57 Å². The van der Waals surface area contributed by atoms with Crippen LogP contribution < -0.4 is 28.5 Å². The van der Waals surface area contributed by atoms with E-state index in [9.17, 15) is 0 Å². The number of para-hydroxylation sites is 3. The Morgan fingerprint density at radius 2 is 1.50 bits per heavy atom. The molecule has 6 rings (SSSR count). The van der Waals surface area contributed by atoms with Crippen molar-refractivity contribution in [2.24, 2.45) is 0 Å². The predicted octanol–water partition coefficient (Wildman–Crippen LogP) is 4.27. The number of rotatable bonds is 6. The standard InChI is InChI=1S/C30H27N2O.HI/c1-2-3-19-31-21-32(27-15-9-8-14-26(27)31)30(22-11-5-4-6-12-22)23-17-18-29-25(20-23)24-13-7-10-16-28(24)33-29;/h4-18,20-21,30H,2-3,19H2,1H3;1H/q+1;/p-1. The van der Waals surface area contributed by atoms with Crippen LogP contribution in [0.15, 0.2) is 108 Å². The molecule has 2 heterocycles. The fourth-order valence-corrected chi connectivity index (χ4v) is 4.98. The third-order valence-corrected chi connectivity index (χ3v) is 6.60. The van der Waals surface area contributed by atoms with E-state index in [4.69, 9.17) is 4.42 Å². The van der Waals surface area contributed by atoms with E-state index in [-0.39, 0.29) is 30.0 Å². The average molecular weight is 558 g/mol. The molecule has 0 radical (unpaired) electrons. The topological polar surface area (TPSA) is 21.9 Å². The van der Waals surface area contributed by atoms with E-state index in [1.807, 2.05) is 12.1 Å². The molecule has 0 fully saturated rings. The number of benzene rings is 4. The molecule has 1 atom stereocenters. The molecule has 170 valence electrons. The van der Waals surface area contributed by atoms with Crippen molar-refractivity contribution >= 4 is 33.0 Å². The number of imidazole rings is 1. The highest BCUT2D eigenvalue weighted by molar-refractivity contribution is 6.05. The maximum atomic E-state index is 6.11. The van der Waals surface area contributed by atoms with E-state index in [0.717, 1.165) is 23.1 Å². The van der Waals surface area contributed by atoms with Crippen LogP contribution in [0.1, 0.15) is 36.9 Å². The SMILES string of the molecule is CCCC[n+]1cn(C(c2ccccc2)c2ccc3oc4ccccc4c3c2)c2ccccc21.[I-]. The molecule has 2 aromatic heterocycles. The molecule has 4 aromatic carbocycles. The Hall–Kier alpha value is -3.12. The summed E-state index contributed by atoms with van der Waals surface area (Å²) in [6, 6.07) is 34.6. The van der Waals surface area contributed by atoms with E-state index in [2.05, 4.69) is 107 Å². The first-order chi connectivity index (χ1) is 16.3. The molecule has 0 saturated carbocycles. The molecule has 0 spiro atoms. The lowest BCUT2D eigenvalue weighted by Gasteiger charge is -2.16. The number of hydrogen-bond acceptors (Lipinski definition) is 1. The molecule has 1 unspecified atom stereocenters. The Morgan fingerprint density at radius 3 is 2.35 bits per heavy atom. The van der Waals surface area contributed by atoms with E-state index < -0.39 is 0 Å². The molecule has 0 aliphatic rings. The molecule has 4 heteroatoms. The number of furan rings is 1. The monoisotopic (exact) mass is 558 g/mol. The first kappa shape index (κ1) is 22.7. The van der Waals surface area contributed by atoms with Crippen LogP contribution in [0, 0.1) is 0 Å². The Kier molecular flexibility index (Phi) is 6.42. The van der Waals surface area contributed by atoms with Gasteiger partial charge in [-0.3, -0.25) is 0 Å². The van der Waals surface area contributed by atoms with Gasteiger partial charge in [0, 0.05) is 21.9 Å². The summed E-state index contributed by atoms with van der Waals surface area (Å²) in [4.78, 5) is 0. The van der Waals surface area contributed by atoms with Gasteiger partial charge in [-0.2, -0.15) is 0 Å². The molecule has 0 saturated heterocycles. The molecule has 34 heavy (non-hydrogen) atoms. The Morgan fingerprint density at radius 1 is 0.765 bits per heavy atom. The molecule has 0 aliphatic carbocycles. The van der Waals surface area contributed by atoms with E-state index in [1.54, 1.807) is 0 Å². The van der Waals surface area contributed by atoms with Crippen molar-refractivity contribution in [3.63, 3.8) is 0 Å². The average Bonchev–Trinajstić information content (AvgIpc) is 3.42. The lowest BCUT2D eigenvalue weighted by atomic mass is 9.96. The zero-order chi connectivity index (χ0) is 22.2. The maximum Gasteiger partial charge on any atom is 0.245 e. The van der Waals surface area contributed by atoms with Crippen LogP contribution in [0.3, 0.4) is 0 Å². The number of hydrogen-bond donors (Lipinski definition) is 0. The van der Waals surface area contributed by atoms with Crippen molar-refractivity contribution in [3.8, 4) is 0 Å². The van der Waals surface area contributed by atoms with Gasteiger partial charge in [0.25, 0.3) is 0 Å². The van der Waals surface area contributed by atoms with Gasteiger partial charge in [-0.05, 0) is 36.8 Å². The quantitative estimate of drug-likeness (QED) is 0.221. The van der Waals surface area contributed by atoms with Crippen molar-refractivity contribution in [3.05, 3.63) is 115 Å². The predicted molar refractivity (Wildman–Crippen MR) is 134 cm³/mol. The van der Waals surface area contributed by atoms with E-state index in [0.29, 0.717) is 0 Å². The summed E-state index contributed by atoms with van der Waals surface area (Å²) in [5.41, 5.74) is 6.92. The van der Waals surface area contributed by atoms with Crippen LogP contribution in [0.25, 0.3) is 33.0 Å². The minimum absolute atomic E-state index is 0. The lowest BCUT2D eigenvalue weighted by Crippen LogP contribution is -3.00. The minimum Gasteiger partial charge on any atom is -1.00 e. The van der Waals surface area contributed by atoms with Crippen molar-refractivity contribution in [2.75, 3.05) is 0 Å². The lowest BCUT2D eigenvalue weighted by molar-refractivity contribution is -0.672. The van der Waals surface area contributed by atoms with Gasteiger partial charge in [0.1, 0.15) is 11.2 Å². The second kappa shape index (κ2) is 9.63. The van der Waals surface area contributed by atoms with Gasteiger partial charge in [-0.15, -0.1) is 0 Å². The highest BCUT2D eigenvalue weighted by atomic mass is 127. The molecular weight excluding hydrogens is 531 g/mol. The first-order valence-electron chi connectivity index (χ1n) is 11.8. The molecule has 0 bridgehead atoms. The van der Waals surface area contributed by atoms with Gasteiger partial charge in [-0.1, -0.05) is 80.1 Å². The summed E-state index contributed by atoms with van der Waals surface area (Å²) in [6.45, 7) is 3.27. The number of aromatic nitrogens is 2. The van der Waals surface area contributed by atoms with Gasteiger partial charge >= 0.3 is 0 Å². The van der Waals surface area contributed by atoms with E-state index in [1.165, 1.54) is 40.4 Å². The summed E-state index contributed by atoms with van der Waals surface area (Å²) >= 11 is 0. The van der Waals surface area contributed by atoms with Gasteiger partial charge in [0.15, 0.2) is 17.1 Å². The summed E-state index contributed by atoms with van der Waals surface area (Å²) in [6.07, 6.45) is 4.65. The van der Waals surface area contributed by atoms with Crippen molar-refractivity contribution in [2.45, 2.75) is 32.4 Å². The van der Waals surface area contributed by atoms with Gasteiger partial charge in [0.05, 0.1) is 6.54 Å². The van der Waals surface area contributed by atoms with E-state index >= 15 is 0 Å². The van der Waals surface area contributed by atoms with Crippen LogP contribution in [0.5, 0.6) is 0 Å². The maximum absolute atomic E-state index is 6.11. The molecular formula is C30H27IN2O. The summed E-state index contributed by atoms with van der Waals surface area (Å²) in [7, 11) is 0. The van der Waals surface area contributed by atoms with Crippen molar-refractivity contribution < 1.29 is 33.0 Å². The molecule has 0 amide bonds. The second-order valence-electron chi connectivity index (χ2n) is 8.73. The van der Waals surface area contributed by atoms with Crippen LogP contribution in [-0.2, 0) is 6.54 Å². The minimum atomic E-state index is 0. The third kappa shape index (κ3) is 3.90. The van der Waals surface area contributed by atoms with Crippen molar-refractivity contribution in [1.29, 1.82) is 0 Å². The highest BCUT2D eigenvalue weighted by Crippen LogP contribution is 2.35. The Balaban J connectivity index is 0.00000241. The second-order valence-corrected chi connectivity index (χ2v) is 8.73. The van der Waals surface area contributed by atoms with Crippen LogP contribution in [-0.4, -0.2) is 4.57 Å². The highest BCUT2D eigenvalue weighted by Gasteiger charge is 2.26. The van der Waals surface area contributed by atoms with Crippen LogP contribution >= 0.6 is 0 Å². The Bertz CT molecular complexity index is 1570. The summed E-state index contributed by atoms with van der Waals surface area (Å²) in [5, 5.41) is 2.33. The number of unbranched alkanes of at least 4 members (excludes halogenated alkanes) is 1. The Labute approximate surface area is 216 Å². The fraction of sp³-hybridized carbons (Fsp3) is 0.167. The zero-order valence-corrected chi connectivity index (χ0v) is 21.4. The third-order valence-electron chi connectivity index (χ3n) is 6.60. The van der Waals surface area contributed by atoms with Gasteiger partial charge in [0.2, 0.25) is 6.33 Å². The normalized spacial score (nSPS) is 12.3. The van der Waals surface area contributed by atoms with Crippen LogP contribution in [0.4, 0.5) is 0 Å². The largest absolute Gasteiger partial charge is 1.00 e. The smallest absolute Gasteiger partial charge is 0.245 e. The number of fused-ring (bicyclic) bond motifs is 4. The number of halogens is 1. The number of aryl methyl sites for hydroxylation is 1. The number of nitrogens with zero attached hydrogens (tertiary/aromatic N) is 2. The molecule has 3 nitrogen and oxygen atoms in total. The van der Waals surface area contributed by atoms with Crippen LogP contribution in [0.2, 0.25) is 0 Å². The zero-order valence-electron chi connectivity index (χ0n) is 19.2.